The lowest BCUT2D eigenvalue weighted by atomic mass is 10.1. The van der Waals surface area contributed by atoms with Gasteiger partial charge in [-0.1, -0.05) is 6.92 Å². The summed E-state index contributed by atoms with van der Waals surface area (Å²) < 4.78 is 23.3. The van der Waals surface area contributed by atoms with Gasteiger partial charge in [0, 0.05) is 6.42 Å². The average molecular weight is 266 g/mol. The summed E-state index contributed by atoms with van der Waals surface area (Å²) in [7, 11) is 0. The van der Waals surface area contributed by atoms with E-state index in [1.807, 2.05) is 6.92 Å². The third-order valence-corrected chi connectivity index (χ3v) is 2.19. The van der Waals surface area contributed by atoms with Gasteiger partial charge in [-0.15, -0.1) is 12.4 Å². The Hall–Kier alpha value is -1.07. The minimum Gasteiger partial charge on any atom is -0.464 e. The number of hydrogen-bond donors (Lipinski definition) is 1. The lowest BCUT2D eigenvalue weighted by molar-refractivity contribution is -0.150. The second-order valence-electron chi connectivity index (χ2n) is 3.34. The van der Waals surface area contributed by atoms with Crippen LogP contribution in [0.15, 0.2) is 16.5 Å². The number of halogens is 2. The number of carbonyl (C=O) groups excluding carboxylic acids is 1. The molecule has 1 aromatic heterocycles. The Labute approximate surface area is 106 Å². The molecule has 4 nitrogen and oxygen atoms in total. The highest BCUT2D eigenvalue weighted by Gasteiger charge is 2.29. The highest BCUT2D eigenvalue weighted by molar-refractivity contribution is 5.85. The Morgan fingerprint density at radius 1 is 1.53 bits per heavy atom. The summed E-state index contributed by atoms with van der Waals surface area (Å²) in [4.78, 5) is 11.1. The molecule has 98 valence electrons. The van der Waals surface area contributed by atoms with E-state index >= 15 is 0 Å². The SMILES string of the molecule is CCOC(=O)C(F)[C@H](N)c1ccc(CC)o1.Cl. The first-order valence-corrected chi connectivity index (χ1v) is 5.25. The molecule has 1 rings (SSSR count). The standard InChI is InChI=1S/C11H16FNO3.ClH/c1-3-7-5-6-8(16-7)10(13)9(12)11(14)15-4-2;/h5-6,9-10H,3-4,13H2,1-2H3;1H/t9?,10-;/m1./s1. The number of rotatable bonds is 5. The Balaban J connectivity index is 0.00000256. The molecule has 0 radical (unpaired) electrons. The average Bonchev–Trinajstić information content (AvgIpc) is 2.75. The summed E-state index contributed by atoms with van der Waals surface area (Å²) in [6.45, 7) is 3.65. The van der Waals surface area contributed by atoms with Gasteiger partial charge in [-0.05, 0) is 19.1 Å². The number of ether oxygens (including phenoxy) is 1. The van der Waals surface area contributed by atoms with Crippen LogP contribution in [0.25, 0.3) is 0 Å². The molecule has 0 bridgehead atoms. The van der Waals surface area contributed by atoms with Crippen molar-refractivity contribution in [1.29, 1.82) is 0 Å². The van der Waals surface area contributed by atoms with E-state index in [4.69, 9.17) is 10.2 Å². The van der Waals surface area contributed by atoms with E-state index in [1.165, 1.54) is 0 Å². The largest absolute Gasteiger partial charge is 0.464 e. The normalized spacial score (nSPS) is 13.6. The van der Waals surface area contributed by atoms with Gasteiger partial charge in [0.15, 0.2) is 0 Å². The zero-order valence-electron chi connectivity index (χ0n) is 9.81. The molecule has 6 heteroatoms. The third kappa shape index (κ3) is 4.02. The van der Waals surface area contributed by atoms with Crippen molar-refractivity contribution < 1.29 is 18.3 Å². The van der Waals surface area contributed by atoms with Crippen molar-refractivity contribution >= 4 is 18.4 Å². The summed E-state index contributed by atoms with van der Waals surface area (Å²) in [5.74, 6) is 0.0170. The number of alkyl halides is 1. The molecule has 0 aromatic carbocycles. The lowest BCUT2D eigenvalue weighted by Crippen LogP contribution is -2.31. The molecule has 17 heavy (non-hydrogen) atoms. The van der Waals surface area contributed by atoms with E-state index < -0.39 is 18.2 Å². The molecule has 0 aliphatic rings. The van der Waals surface area contributed by atoms with Crippen LogP contribution >= 0.6 is 12.4 Å². The van der Waals surface area contributed by atoms with E-state index in [9.17, 15) is 9.18 Å². The third-order valence-electron chi connectivity index (χ3n) is 2.19. The van der Waals surface area contributed by atoms with Crippen LogP contribution in [0.5, 0.6) is 0 Å². The van der Waals surface area contributed by atoms with E-state index in [0.717, 1.165) is 0 Å². The van der Waals surface area contributed by atoms with Crippen molar-refractivity contribution in [2.45, 2.75) is 32.5 Å². The molecule has 0 spiro atoms. The fourth-order valence-electron chi connectivity index (χ4n) is 1.28. The lowest BCUT2D eigenvalue weighted by Gasteiger charge is -2.13. The van der Waals surface area contributed by atoms with Crippen LogP contribution in [-0.2, 0) is 16.0 Å². The number of nitrogens with two attached hydrogens (primary N) is 1. The molecule has 1 aromatic rings. The molecule has 0 aliphatic carbocycles. The van der Waals surface area contributed by atoms with Crippen LogP contribution < -0.4 is 5.73 Å². The first kappa shape index (κ1) is 15.9. The summed E-state index contributed by atoms with van der Waals surface area (Å²) in [5, 5.41) is 0. The molecule has 0 fully saturated rings. The van der Waals surface area contributed by atoms with Gasteiger partial charge in [-0.3, -0.25) is 0 Å². The number of hydrogen-bond acceptors (Lipinski definition) is 4. The minimum absolute atomic E-state index is 0. The van der Waals surface area contributed by atoms with Crippen molar-refractivity contribution in [2.24, 2.45) is 5.73 Å². The van der Waals surface area contributed by atoms with Crippen LogP contribution in [0.4, 0.5) is 4.39 Å². The molecule has 0 saturated heterocycles. The number of carbonyl (C=O) groups is 1. The molecule has 2 N–H and O–H groups in total. The molecular weight excluding hydrogens is 249 g/mol. The maximum atomic E-state index is 13.5. The smallest absolute Gasteiger partial charge is 0.342 e. The van der Waals surface area contributed by atoms with Crippen LogP contribution in [0.3, 0.4) is 0 Å². The Morgan fingerprint density at radius 3 is 2.65 bits per heavy atom. The van der Waals surface area contributed by atoms with E-state index in [1.54, 1.807) is 19.1 Å². The van der Waals surface area contributed by atoms with E-state index in [-0.39, 0.29) is 24.8 Å². The summed E-state index contributed by atoms with van der Waals surface area (Å²) in [6.07, 6.45) is -1.20. The van der Waals surface area contributed by atoms with Gasteiger partial charge in [0.05, 0.1) is 6.61 Å². The first-order chi connectivity index (χ1) is 7.60. The predicted molar refractivity (Wildman–Crippen MR) is 63.8 cm³/mol. The Bertz CT molecular complexity index is 356. The number of furan rings is 1. The summed E-state index contributed by atoms with van der Waals surface area (Å²) in [5.41, 5.74) is 5.57. The predicted octanol–water partition coefficient (Wildman–Crippen LogP) is 2.16. The zero-order chi connectivity index (χ0) is 12.1. The highest BCUT2D eigenvalue weighted by atomic mass is 35.5. The van der Waals surface area contributed by atoms with Crippen LogP contribution in [0, 0.1) is 0 Å². The molecule has 0 aliphatic heterocycles. The van der Waals surface area contributed by atoms with E-state index in [0.29, 0.717) is 12.2 Å². The topological polar surface area (TPSA) is 65.5 Å². The molecule has 1 heterocycles. The van der Waals surface area contributed by atoms with Gasteiger partial charge in [0.1, 0.15) is 17.6 Å². The summed E-state index contributed by atoms with van der Waals surface area (Å²) >= 11 is 0. The molecule has 2 atom stereocenters. The first-order valence-electron chi connectivity index (χ1n) is 5.25. The number of aryl methyl sites for hydroxylation is 1. The highest BCUT2D eigenvalue weighted by Crippen LogP contribution is 2.20. The summed E-state index contributed by atoms with van der Waals surface area (Å²) in [6, 6.07) is 2.18. The fraction of sp³-hybridized carbons (Fsp3) is 0.545. The Kier molecular flexibility index (Phi) is 6.83. The van der Waals surface area contributed by atoms with Gasteiger partial charge in [-0.25, -0.2) is 9.18 Å². The quantitative estimate of drug-likeness (QED) is 0.829. The monoisotopic (exact) mass is 265 g/mol. The zero-order valence-corrected chi connectivity index (χ0v) is 10.6. The van der Waals surface area contributed by atoms with Gasteiger partial charge in [-0.2, -0.15) is 0 Å². The second kappa shape index (κ2) is 7.29. The van der Waals surface area contributed by atoms with Gasteiger partial charge in [0.2, 0.25) is 6.17 Å². The minimum atomic E-state index is -1.89. The van der Waals surface area contributed by atoms with E-state index in [2.05, 4.69) is 4.74 Å². The van der Waals surface area contributed by atoms with Crippen molar-refractivity contribution in [3.8, 4) is 0 Å². The van der Waals surface area contributed by atoms with Crippen molar-refractivity contribution in [1.82, 2.24) is 0 Å². The van der Waals surface area contributed by atoms with Gasteiger partial charge in [0.25, 0.3) is 0 Å². The van der Waals surface area contributed by atoms with Crippen LogP contribution in [0.2, 0.25) is 0 Å². The van der Waals surface area contributed by atoms with Crippen LogP contribution in [-0.4, -0.2) is 18.7 Å². The fourth-order valence-corrected chi connectivity index (χ4v) is 1.28. The van der Waals surface area contributed by atoms with Crippen molar-refractivity contribution in [3.05, 3.63) is 23.7 Å². The van der Waals surface area contributed by atoms with Crippen molar-refractivity contribution in [3.63, 3.8) is 0 Å². The van der Waals surface area contributed by atoms with Gasteiger partial charge < -0.3 is 14.9 Å². The maximum Gasteiger partial charge on any atom is 0.342 e. The Morgan fingerprint density at radius 2 is 2.18 bits per heavy atom. The van der Waals surface area contributed by atoms with Crippen LogP contribution in [0.1, 0.15) is 31.4 Å². The molecule has 0 amide bonds. The molecule has 0 saturated carbocycles. The number of esters is 1. The van der Waals surface area contributed by atoms with Gasteiger partial charge >= 0.3 is 5.97 Å². The second-order valence-corrected chi connectivity index (χ2v) is 3.34. The molecular formula is C11H17ClFNO3. The molecule has 1 unspecified atom stereocenters. The maximum absolute atomic E-state index is 13.5. The van der Waals surface area contributed by atoms with Crippen molar-refractivity contribution in [2.75, 3.05) is 6.61 Å².